The smallest absolute Gasteiger partial charge is 0.358 e. The van der Waals surface area contributed by atoms with Crippen molar-refractivity contribution in [3.05, 3.63) is 10.6 Å². The first kappa shape index (κ1) is 24.4. The van der Waals surface area contributed by atoms with E-state index in [9.17, 15) is 19.5 Å². The van der Waals surface area contributed by atoms with Crippen LogP contribution in [0.3, 0.4) is 0 Å². The minimum absolute atomic E-state index is 0.0979. The van der Waals surface area contributed by atoms with Gasteiger partial charge in [0.2, 0.25) is 12.7 Å². The molecule has 2 saturated heterocycles. The van der Waals surface area contributed by atoms with Crippen LogP contribution in [0.1, 0.15) is 34.6 Å². The molecule has 4 atom stereocenters. The summed E-state index contributed by atoms with van der Waals surface area (Å²) in [6, 6.07) is -0.273. The molecule has 182 valence electrons. The van der Waals surface area contributed by atoms with Gasteiger partial charge in [-0.15, -0.1) is 11.8 Å². The number of aliphatic imine (C=N–C) groups is 1. The molecule has 0 aromatic rings. The Labute approximate surface area is 202 Å². The first-order chi connectivity index (χ1) is 15.5. The summed E-state index contributed by atoms with van der Waals surface area (Å²) in [6.07, 6.45) is -0.799. The van der Waals surface area contributed by atoms with E-state index in [0.717, 1.165) is 35.5 Å². The van der Waals surface area contributed by atoms with Crippen molar-refractivity contribution >= 4 is 46.5 Å². The standard InChI is InChI=1S/C22H31N3O6S2/c1-11-15-14(12(2)26)18(27)25(15)16(19(28)30-10-31-20(29)22(3,4)5)17(11)33-13-8-24(9-13)21-23-6-7-32-21/h11-15,26H,6-10H2,1-5H3/t11-,12-,14-,15+/m0/s1. The van der Waals surface area contributed by atoms with Crippen LogP contribution in [-0.2, 0) is 23.9 Å². The van der Waals surface area contributed by atoms with Crippen LogP contribution >= 0.6 is 23.5 Å². The van der Waals surface area contributed by atoms with E-state index in [0.29, 0.717) is 0 Å². The zero-order valence-electron chi connectivity index (χ0n) is 19.6. The number of thioether (sulfide) groups is 2. The first-order valence-electron chi connectivity index (χ1n) is 11.2. The summed E-state index contributed by atoms with van der Waals surface area (Å²) in [7, 11) is 0. The van der Waals surface area contributed by atoms with Crippen LogP contribution in [0.15, 0.2) is 15.6 Å². The molecule has 0 radical (unpaired) electrons. The third kappa shape index (κ3) is 4.51. The van der Waals surface area contributed by atoms with Crippen LogP contribution in [-0.4, -0.2) is 87.5 Å². The highest BCUT2D eigenvalue weighted by atomic mass is 32.2. The normalized spacial score (nSPS) is 28.2. The summed E-state index contributed by atoms with van der Waals surface area (Å²) in [4.78, 5) is 46.8. The minimum Gasteiger partial charge on any atom is -0.427 e. The molecule has 11 heteroatoms. The van der Waals surface area contributed by atoms with Gasteiger partial charge in [0.25, 0.3) is 0 Å². The molecule has 0 spiro atoms. The zero-order valence-corrected chi connectivity index (χ0v) is 21.2. The van der Waals surface area contributed by atoms with E-state index >= 15 is 0 Å². The molecule has 0 aromatic carbocycles. The summed E-state index contributed by atoms with van der Waals surface area (Å²) >= 11 is 3.36. The van der Waals surface area contributed by atoms with Gasteiger partial charge in [0.1, 0.15) is 5.70 Å². The predicted octanol–water partition coefficient (Wildman–Crippen LogP) is 1.67. The van der Waals surface area contributed by atoms with E-state index < -0.39 is 36.2 Å². The molecular formula is C22H31N3O6S2. The van der Waals surface area contributed by atoms with Crippen molar-refractivity contribution in [3.8, 4) is 0 Å². The Hall–Kier alpha value is -1.72. The fourth-order valence-corrected chi connectivity index (χ4v) is 6.85. The lowest BCUT2D eigenvalue weighted by Gasteiger charge is -2.46. The van der Waals surface area contributed by atoms with Gasteiger partial charge in [0, 0.05) is 34.9 Å². The number of amidine groups is 1. The Morgan fingerprint density at radius 1 is 1.30 bits per heavy atom. The van der Waals surface area contributed by atoms with E-state index in [1.807, 2.05) is 6.92 Å². The Morgan fingerprint density at radius 3 is 2.58 bits per heavy atom. The highest BCUT2D eigenvalue weighted by Crippen LogP contribution is 2.52. The first-order valence-corrected chi connectivity index (χ1v) is 13.1. The van der Waals surface area contributed by atoms with Crippen LogP contribution in [0, 0.1) is 17.3 Å². The number of hydrogen-bond acceptors (Lipinski definition) is 10. The molecule has 9 nitrogen and oxygen atoms in total. The van der Waals surface area contributed by atoms with E-state index in [2.05, 4.69) is 9.89 Å². The van der Waals surface area contributed by atoms with Gasteiger partial charge in [-0.3, -0.25) is 14.6 Å². The van der Waals surface area contributed by atoms with Crippen LogP contribution in [0.4, 0.5) is 0 Å². The number of likely N-dealkylation sites (tertiary alicyclic amines) is 1. The monoisotopic (exact) mass is 497 g/mol. The van der Waals surface area contributed by atoms with Crippen molar-refractivity contribution in [3.63, 3.8) is 0 Å². The van der Waals surface area contributed by atoms with Crippen molar-refractivity contribution in [2.45, 2.75) is 52.0 Å². The Balaban J connectivity index is 1.47. The summed E-state index contributed by atoms with van der Waals surface area (Å²) in [5.74, 6) is -1.06. The molecule has 4 heterocycles. The molecule has 2 fully saturated rings. The van der Waals surface area contributed by atoms with Gasteiger partial charge in [-0.2, -0.15) is 0 Å². The molecule has 0 saturated carbocycles. The van der Waals surface area contributed by atoms with Gasteiger partial charge < -0.3 is 24.4 Å². The van der Waals surface area contributed by atoms with Crippen molar-refractivity contribution in [2.24, 2.45) is 22.2 Å². The Kier molecular flexibility index (Phi) is 6.76. The topological polar surface area (TPSA) is 109 Å². The molecule has 0 unspecified atom stereocenters. The molecule has 0 aromatic heterocycles. The number of aliphatic hydroxyl groups excluding tert-OH is 1. The number of ether oxygens (including phenoxy) is 2. The van der Waals surface area contributed by atoms with E-state index in [-0.39, 0.29) is 28.8 Å². The lowest BCUT2D eigenvalue weighted by molar-refractivity contribution is -0.175. The lowest BCUT2D eigenvalue weighted by Crippen LogP contribution is -2.63. The molecular weight excluding hydrogens is 466 g/mol. The number of nitrogens with zero attached hydrogens (tertiary/aromatic N) is 3. The van der Waals surface area contributed by atoms with Crippen molar-refractivity contribution in [1.82, 2.24) is 9.80 Å². The van der Waals surface area contributed by atoms with Crippen molar-refractivity contribution in [2.75, 3.05) is 32.2 Å². The summed E-state index contributed by atoms with van der Waals surface area (Å²) < 4.78 is 10.3. The number of carbonyl (C=O) groups is 3. The highest BCUT2D eigenvalue weighted by Gasteiger charge is 2.60. The van der Waals surface area contributed by atoms with Crippen LogP contribution in [0.25, 0.3) is 0 Å². The summed E-state index contributed by atoms with van der Waals surface area (Å²) in [5, 5.41) is 11.5. The third-order valence-corrected chi connectivity index (χ3v) is 8.76. The lowest BCUT2D eigenvalue weighted by atomic mass is 9.79. The average molecular weight is 498 g/mol. The third-order valence-electron chi connectivity index (χ3n) is 6.28. The molecule has 33 heavy (non-hydrogen) atoms. The number of hydrogen-bond donors (Lipinski definition) is 1. The number of esters is 2. The number of rotatable bonds is 6. The van der Waals surface area contributed by atoms with E-state index in [1.165, 1.54) is 4.90 Å². The largest absolute Gasteiger partial charge is 0.427 e. The Bertz CT molecular complexity index is 906. The van der Waals surface area contributed by atoms with Gasteiger partial charge in [-0.05, 0) is 27.7 Å². The number of aliphatic hydroxyl groups is 1. The van der Waals surface area contributed by atoms with E-state index in [4.69, 9.17) is 9.47 Å². The molecule has 0 aliphatic carbocycles. The zero-order chi connectivity index (χ0) is 24.1. The molecule has 4 aliphatic rings. The van der Waals surface area contributed by atoms with Crippen molar-refractivity contribution in [1.29, 1.82) is 0 Å². The van der Waals surface area contributed by atoms with Gasteiger partial charge in [-0.1, -0.05) is 18.7 Å². The maximum absolute atomic E-state index is 13.0. The number of amides is 1. The van der Waals surface area contributed by atoms with E-state index in [1.54, 1.807) is 51.2 Å². The fraction of sp³-hybridized carbons (Fsp3) is 0.727. The van der Waals surface area contributed by atoms with Gasteiger partial charge >= 0.3 is 11.9 Å². The van der Waals surface area contributed by atoms with Crippen LogP contribution in [0.2, 0.25) is 0 Å². The number of carbonyl (C=O) groups excluding carboxylic acids is 3. The quantitative estimate of drug-likeness (QED) is 0.333. The average Bonchev–Trinajstić information content (AvgIpc) is 3.29. The maximum Gasteiger partial charge on any atom is 0.358 e. The summed E-state index contributed by atoms with van der Waals surface area (Å²) in [5.41, 5.74) is -0.493. The molecule has 1 N–H and O–H groups in total. The van der Waals surface area contributed by atoms with Crippen LogP contribution < -0.4 is 0 Å². The number of β-lactam (4-membered cyclic amide) rings is 1. The van der Waals surface area contributed by atoms with Gasteiger partial charge in [0.15, 0.2) is 5.17 Å². The Morgan fingerprint density at radius 2 is 2.00 bits per heavy atom. The van der Waals surface area contributed by atoms with Crippen molar-refractivity contribution < 1.29 is 29.0 Å². The summed E-state index contributed by atoms with van der Waals surface area (Å²) in [6.45, 7) is 10.7. The van der Waals surface area contributed by atoms with Crippen LogP contribution in [0.5, 0.6) is 0 Å². The second kappa shape index (κ2) is 9.14. The fourth-order valence-electron chi connectivity index (χ4n) is 4.45. The minimum atomic E-state index is -0.799. The van der Waals surface area contributed by atoms with Gasteiger partial charge in [-0.25, -0.2) is 4.79 Å². The second-order valence-electron chi connectivity index (χ2n) is 9.86. The highest BCUT2D eigenvalue weighted by molar-refractivity contribution is 8.14. The number of fused-ring (bicyclic) bond motifs is 1. The molecule has 4 rings (SSSR count). The molecule has 0 bridgehead atoms. The SMILES string of the molecule is C[C@H](O)[C@@H]1C(=O)N2C(C(=O)OCOC(=O)C(C)(C)C)=C(SC3CN(C4=NCCS4)C3)[C@@H](C)[C@H]12. The maximum atomic E-state index is 13.0. The van der Waals surface area contributed by atoms with Gasteiger partial charge in [0.05, 0.1) is 30.0 Å². The molecule has 1 amide bonds. The second-order valence-corrected chi connectivity index (χ2v) is 12.3. The molecule has 4 aliphatic heterocycles. The predicted molar refractivity (Wildman–Crippen MR) is 126 cm³/mol.